The number of hydrogen-bond acceptors (Lipinski definition) is 4. The maximum atomic E-state index is 13.1. The van der Waals surface area contributed by atoms with E-state index >= 15 is 0 Å². The SMILES string of the molecule is O=C1NC2(CCc3ccccc3C2)C(=O)N1Cc1csc(C2CC2)n1. The molecule has 1 saturated heterocycles. The Morgan fingerprint density at radius 2 is 2.04 bits per heavy atom. The van der Waals surface area contributed by atoms with Crippen molar-refractivity contribution in [3.8, 4) is 0 Å². The van der Waals surface area contributed by atoms with Gasteiger partial charge in [0.05, 0.1) is 17.2 Å². The summed E-state index contributed by atoms with van der Waals surface area (Å²) in [7, 11) is 0. The van der Waals surface area contributed by atoms with Crippen LogP contribution < -0.4 is 5.32 Å². The zero-order chi connectivity index (χ0) is 17.0. The summed E-state index contributed by atoms with van der Waals surface area (Å²) in [6.45, 7) is 0.275. The number of imide groups is 1. The lowest BCUT2D eigenvalue weighted by atomic mass is 9.78. The predicted octanol–water partition coefficient (Wildman–Crippen LogP) is 3.00. The van der Waals surface area contributed by atoms with Gasteiger partial charge >= 0.3 is 6.03 Å². The van der Waals surface area contributed by atoms with Gasteiger partial charge in [-0.1, -0.05) is 24.3 Å². The Kier molecular flexibility index (Phi) is 3.25. The zero-order valence-corrected chi connectivity index (χ0v) is 14.6. The summed E-state index contributed by atoms with van der Waals surface area (Å²) in [4.78, 5) is 31.5. The maximum absolute atomic E-state index is 13.1. The van der Waals surface area contributed by atoms with Crippen molar-refractivity contribution in [1.82, 2.24) is 15.2 Å². The molecule has 2 aromatic rings. The molecule has 1 aromatic heterocycles. The van der Waals surface area contributed by atoms with Crippen LogP contribution in [0.15, 0.2) is 29.6 Å². The average molecular weight is 353 g/mol. The number of fused-ring (bicyclic) bond motifs is 1. The van der Waals surface area contributed by atoms with E-state index in [9.17, 15) is 9.59 Å². The highest BCUT2D eigenvalue weighted by atomic mass is 32.1. The lowest BCUT2D eigenvalue weighted by Gasteiger charge is -2.32. The van der Waals surface area contributed by atoms with Gasteiger partial charge in [-0.2, -0.15) is 0 Å². The molecule has 0 radical (unpaired) electrons. The molecular formula is C19H19N3O2S. The second kappa shape index (κ2) is 5.39. The molecule has 1 unspecified atom stereocenters. The van der Waals surface area contributed by atoms with Gasteiger partial charge in [-0.3, -0.25) is 9.69 Å². The number of aromatic nitrogens is 1. The number of aryl methyl sites for hydroxylation is 1. The van der Waals surface area contributed by atoms with Crippen LogP contribution in [0.3, 0.4) is 0 Å². The Labute approximate surface area is 150 Å². The third kappa shape index (κ3) is 2.47. The smallest absolute Gasteiger partial charge is 0.323 e. The summed E-state index contributed by atoms with van der Waals surface area (Å²) >= 11 is 1.64. The molecule has 5 rings (SSSR count). The molecular weight excluding hydrogens is 334 g/mol. The molecule has 1 atom stereocenters. The van der Waals surface area contributed by atoms with Crippen molar-refractivity contribution in [3.63, 3.8) is 0 Å². The Bertz CT molecular complexity index is 873. The minimum atomic E-state index is -0.777. The van der Waals surface area contributed by atoms with Crippen LogP contribution in [0.1, 0.15) is 47.0 Å². The molecule has 3 aliphatic rings. The lowest BCUT2D eigenvalue weighted by Crippen LogP contribution is -2.51. The normalized spacial score (nSPS) is 25.4. The predicted molar refractivity (Wildman–Crippen MR) is 94.4 cm³/mol. The molecule has 1 aromatic carbocycles. The highest BCUT2D eigenvalue weighted by Gasteiger charge is 2.52. The van der Waals surface area contributed by atoms with Gasteiger partial charge in [-0.15, -0.1) is 11.3 Å². The van der Waals surface area contributed by atoms with Crippen LogP contribution in [0.5, 0.6) is 0 Å². The Hall–Kier alpha value is -2.21. The number of carbonyl (C=O) groups is 2. The van der Waals surface area contributed by atoms with Gasteiger partial charge < -0.3 is 5.32 Å². The zero-order valence-electron chi connectivity index (χ0n) is 13.8. The van der Waals surface area contributed by atoms with Crippen LogP contribution in [-0.4, -0.2) is 27.4 Å². The van der Waals surface area contributed by atoms with Gasteiger partial charge in [0.25, 0.3) is 5.91 Å². The fraction of sp³-hybridized carbons (Fsp3) is 0.421. The molecule has 1 N–H and O–H groups in total. The van der Waals surface area contributed by atoms with Crippen LogP contribution in [0.2, 0.25) is 0 Å². The van der Waals surface area contributed by atoms with Gasteiger partial charge in [0, 0.05) is 17.7 Å². The summed E-state index contributed by atoms with van der Waals surface area (Å²) in [5.74, 6) is 0.496. The Morgan fingerprint density at radius 1 is 1.24 bits per heavy atom. The van der Waals surface area contributed by atoms with Crippen molar-refractivity contribution in [1.29, 1.82) is 0 Å². The van der Waals surface area contributed by atoms with Crippen molar-refractivity contribution >= 4 is 23.3 Å². The number of benzene rings is 1. The van der Waals surface area contributed by atoms with Crippen molar-refractivity contribution in [2.45, 2.75) is 50.1 Å². The second-order valence-electron chi connectivity index (χ2n) is 7.30. The first-order chi connectivity index (χ1) is 12.1. The number of thiazole rings is 1. The minimum Gasteiger partial charge on any atom is -0.323 e. The van der Waals surface area contributed by atoms with Crippen LogP contribution in [0, 0.1) is 0 Å². The first-order valence-electron chi connectivity index (χ1n) is 8.80. The number of amides is 3. The molecule has 1 saturated carbocycles. The highest BCUT2D eigenvalue weighted by molar-refractivity contribution is 7.09. The molecule has 1 spiro atoms. The van der Waals surface area contributed by atoms with Gasteiger partial charge in [0.2, 0.25) is 0 Å². The van der Waals surface area contributed by atoms with E-state index in [4.69, 9.17) is 0 Å². The van der Waals surface area contributed by atoms with E-state index in [-0.39, 0.29) is 18.5 Å². The lowest BCUT2D eigenvalue weighted by molar-refractivity contribution is -0.132. The number of nitrogens with zero attached hydrogens (tertiary/aromatic N) is 2. The molecule has 2 heterocycles. The van der Waals surface area contributed by atoms with Crippen LogP contribution in [0.4, 0.5) is 4.79 Å². The molecule has 128 valence electrons. The largest absolute Gasteiger partial charge is 0.325 e. The molecule has 2 aliphatic carbocycles. The fourth-order valence-corrected chi connectivity index (χ4v) is 4.90. The molecule has 3 amide bonds. The third-order valence-electron chi connectivity index (χ3n) is 5.49. The topological polar surface area (TPSA) is 62.3 Å². The third-order valence-corrected chi connectivity index (χ3v) is 6.55. The number of hydrogen-bond donors (Lipinski definition) is 1. The summed E-state index contributed by atoms with van der Waals surface area (Å²) in [5, 5.41) is 6.11. The van der Waals surface area contributed by atoms with Crippen molar-refractivity contribution < 1.29 is 9.59 Å². The van der Waals surface area contributed by atoms with Crippen LogP contribution in [0.25, 0.3) is 0 Å². The van der Waals surface area contributed by atoms with E-state index in [0.29, 0.717) is 18.8 Å². The maximum Gasteiger partial charge on any atom is 0.325 e. The standard InChI is InChI=1S/C19H19N3O2S/c23-17-19(8-7-12-3-1-2-4-14(12)9-19)21-18(24)22(17)10-15-11-25-16(20-15)13-5-6-13/h1-4,11,13H,5-10H2,(H,21,24). The molecule has 25 heavy (non-hydrogen) atoms. The van der Waals surface area contributed by atoms with E-state index in [2.05, 4.69) is 22.4 Å². The summed E-state index contributed by atoms with van der Waals surface area (Å²) in [6, 6.07) is 7.89. The van der Waals surface area contributed by atoms with Crippen molar-refractivity contribution in [2.75, 3.05) is 0 Å². The summed E-state index contributed by atoms with van der Waals surface area (Å²) < 4.78 is 0. The van der Waals surface area contributed by atoms with Crippen LogP contribution >= 0.6 is 11.3 Å². The van der Waals surface area contributed by atoms with Gasteiger partial charge in [0.1, 0.15) is 5.54 Å². The summed E-state index contributed by atoms with van der Waals surface area (Å²) in [5.41, 5.74) is 2.49. The number of rotatable bonds is 3. The number of urea groups is 1. The quantitative estimate of drug-likeness (QED) is 0.863. The Balaban J connectivity index is 1.38. The first-order valence-corrected chi connectivity index (χ1v) is 9.68. The van der Waals surface area contributed by atoms with E-state index in [1.54, 1.807) is 11.3 Å². The van der Waals surface area contributed by atoms with E-state index < -0.39 is 5.54 Å². The summed E-state index contributed by atoms with van der Waals surface area (Å²) in [6.07, 6.45) is 4.47. The molecule has 5 nitrogen and oxygen atoms in total. The molecule has 0 bridgehead atoms. The molecule has 1 aliphatic heterocycles. The first kappa shape index (κ1) is 15.1. The monoisotopic (exact) mass is 353 g/mol. The molecule has 2 fully saturated rings. The van der Waals surface area contributed by atoms with Crippen molar-refractivity contribution in [2.24, 2.45) is 0 Å². The minimum absolute atomic E-state index is 0.104. The van der Waals surface area contributed by atoms with Gasteiger partial charge in [-0.05, 0) is 36.8 Å². The fourth-order valence-electron chi connectivity index (χ4n) is 3.92. The second-order valence-corrected chi connectivity index (χ2v) is 8.19. The van der Waals surface area contributed by atoms with Gasteiger partial charge in [0.15, 0.2) is 0 Å². The van der Waals surface area contributed by atoms with E-state index in [1.165, 1.54) is 23.3 Å². The highest BCUT2D eigenvalue weighted by Crippen LogP contribution is 2.41. The number of carbonyl (C=O) groups excluding carboxylic acids is 2. The molecule has 6 heteroatoms. The van der Waals surface area contributed by atoms with Gasteiger partial charge in [-0.25, -0.2) is 9.78 Å². The van der Waals surface area contributed by atoms with E-state index in [1.807, 2.05) is 17.5 Å². The number of nitrogens with one attached hydrogen (secondary N) is 1. The Morgan fingerprint density at radius 3 is 2.84 bits per heavy atom. The average Bonchev–Trinajstić information content (AvgIpc) is 3.33. The van der Waals surface area contributed by atoms with Crippen LogP contribution in [-0.2, 0) is 24.2 Å². The van der Waals surface area contributed by atoms with Crippen molar-refractivity contribution in [3.05, 3.63) is 51.5 Å². The van der Waals surface area contributed by atoms with E-state index in [0.717, 1.165) is 22.7 Å².